The van der Waals surface area contributed by atoms with Gasteiger partial charge in [0.15, 0.2) is 0 Å². The maximum atomic E-state index is 11.6. The number of pyridine rings is 1. The van der Waals surface area contributed by atoms with E-state index >= 15 is 0 Å². The van der Waals surface area contributed by atoms with Crippen LogP contribution in [0.5, 0.6) is 5.75 Å². The van der Waals surface area contributed by atoms with Crippen LogP contribution in [0.4, 0.5) is 5.82 Å². The number of nitrogens with zero attached hydrogens (tertiary/aromatic N) is 1. The molecule has 4 nitrogen and oxygen atoms in total. The first-order chi connectivity index (χ1) is 11.7. The maximum Gasteiger partial charge on any atom is 0.248 e. The first-order valence-corrected chi connectivity index (χ1v) is 8.91. The van der Waals surface area contributed by atoms with Gasteiger partial charge in [0.2, 0.25) is 5.91 Å². The molecule has 2 saturated carbocycles. The van der Waals surface area contributed by atoms with Gasteiger partial charge in [-0.05, 0) is 43.7 Å². The minimum absolute atomic E-state index is 0.239. The van der Waals surface area contributed by atoms with Crippen LogP contribution in [0.2, 0.25) is 0 Å². The number of anilines is 1. The second-order valence-corrected chi connectivity index (χ2v) is 6.74. The van der Waals surface area contributed by atoms with Gasteiger partial charge < -0.3 is 10.1 Å². The Morgan fingerprint density at radius 3 is 2.67 bits per heavy atom. The van der Waals surface area contributed by atoms with Crippen LogP contribution in [0.3, 0.4) is 0 Å². The zero-order valence-corrected chi connectivity index (χ0v) is 14.4. The van der Waals surface area contributed by atoms with Crippen LogP contribution in [0.25, 0.3) is 6.08 Å². The summed E-state index contributed by atoms with van der Waals surface area (Å²) >= 11 is 0. The van der Waals surface area contributed by atoms with Crippen molar-refractivity contribution in [2.75, 3.05) is 12.4 Å². The van der Waals surface area contributed by atoms with E-state index in [9.17, 15) is 4.79 Å². The van der Waals surface area contributed by atoms with Crippen molar-refractivity contribution in [3.8, 4) is 5.75 Å². The zero-order chi connectivity index (χ0) is 16.9. The van der Waals surface area contributed by atoms with Crippen LogP contribution in [-0.4, -0.2) is 18.0 Å². The van der Waals surface area contributed by atoms with Gasteiger partial charge in [0.05, 0.1) is 12.8 Å². The molecule has 1 amide bonds. The molecule has 0 unspecified atom stereocenters. The van der Waals surface area contributed by atoms with Crippen molar-refractivity contribution in [2.24, 2.45) is 5.92 Å². The van der Waals surface area contributed by atoms with Crippen LogP contribution in [0, 0.1) is 5.92 Å². The molecule has 0 bridgehead atoms. The van der Waals surface area contributed by atoms with Gasteiger partial charge in [-0.25, -0.2) is 4.98 Å². The summed E-state index contributed by atoms with van der Waals surface area (Å²) in [5, 5.41) is 2.79. The summed E-state index contributed by atoms with van der Waals surface area (Å²) in [6.45, 7) is 3.50. The van der Waals surface area contributed by atoms with Crippen molar-refractivity contribution in [3.63, 3.8) is 0 Å². The summed E-state index contributed by atoms with van der Waals surface area (Å²) in [7, 11) is 1.70. The van der Waals surface area contributed by atoms with E-state index in [1.54, 1.807) is 7.11 Å². The highest BCUT2D eigenvalue weighted by atomic mass is 16.5. The fraction of sp³-hybridized carbons (Fsp3) is 0.500. The van der Waals surface area contributed by atoms with Crippen molar-refractivity contribution in [1.82, 2.24) is 4.98 Å². The molecule has 1 aromatic heterocycles. The topological polar surface area (TPSA) is 51.2 Å². The molecule has 0 atom stereocenters. The Hall–Kier alpha value is -2.10. The van der Waals surface area contributed by atoms with E-state index in [2.05, 4.69) is 29.0 Å². The maximum absolute atomic E-state index is 11.6. The molecule has 128 valence electrons. The number of rotatable bonds is 6. The predicted molar refractivity (Wildman–Crippen MR) is 97.2 cm³/mol. The molecule has 4 heteroatoms. The molecular formula is C20H26N2O2. The Balaban J connectivity index is 1.90. The average molecular weight is 326 g/mol. The first kappa shape index (κ1) is 16.7. The Labute approximate surface area is 144 Å². The van der Waals surface area contributed by atoms with E-state index in [0.717, 1.165) is 29.8 Å². The molecule has 24 heavy (non-hydrogen) atoms. The van der Waals surface area contributed by atoms with Gasteiger partial charge in [-0.1, -0.05) is 38.0 Å². The molecule has 0 aromatic carbocycles. The van der Waals surface area contributed by atoms with Crippen molar-refractivity contribution in [3.05, 3.63) is 36.1 Å². The number of amides is 1. The van der Waals surface area contributed by atoms with Crippen LogP contribution in [0.1, 0.15) is 62.1 Å². The van der Waals surface area contributed by atoms with Gasteiger partial charge in [-0.2, -0.15) is 0 Å². The van der Waals surface area contributed by atoms with Gasteiger partial charge in [-0.15, -0.1) is 0 Å². The van der Waals surface area contributed by atoms with Gasteiger partial charge in [-0.3, -0.25) is 4.79 Å². The van der Waals surface area contributed by atoms with Gasteiger partial charge in [0, 0.05) is 11.5 Å². The highest BCUT2D eigenvalue weighted by Gasteiger charge is 2.30. The number of carbonyl (C=O) groups excluding carboxylic acids is 1. The number of methoxy groups -OCH3 is 1. The molecule has 2 aliphatic rings. The number of ether oxygens (including phenoxy) is 1. The third kappa shape index (κ3) is 4.05. The lowest BCUT2D eigenvalue weighted by molar-refractivity contribution is -0.111. The standard InChI is InChI=1S/C20H26N2O2/c1-3-18(23)21-17-13-16(10-9-14-7-5-4-6-8-14)20(24-2)19(22-17)15-11-12-15/h3,9-10,13-15H,1,4-8,11-12H2,2H3,(H,21,22,23)/b10-9+. The van der Waals surface area contributed by atoms with Crippen LogP contribution in [0.15, 0.2) is 24.8 Å². The highest BCUT2D eigenvalue weighted by Crippen LogP contribution is 2.45. The largest absolute Gasteiger partial charge is 0.494 e. The molecule has 0 spiro atoms. The fourth-order valence-corrected chi connectivity index (χ4v) is 3.36. The lowest BCUT2D eigenvalue weighted by Gasteiger charge is -2.18. The molecule has 1 aromatic rings. The van der Waals surface area contributed by atoms with E-state index in [4.69, 9.17) is 4.74 Å². The quantitative estimate of drug-likeness (QED) is 0.772. The SMILES string of the molecule is C=CC(=O)Nc1cc(/C=C/C2CCCCC2)c(OC)c(C2CC2)n1. The number of nitrogens with one attached hydrogen (secondary N) is 1. The molecule has 3 rings (SSSR count). The fourth-order valence-electron chi connectivity index (χ4n) is 3.36. The second-order valence-electron chi connectivity index (χ2n) is 6.74. The lowest BCUT2D eigenvalue weighted by atomic mass is 9.88. The van der Waals surface area contributed by atoms with E-state index in [1.165, 1.54) is 38.2 Å². The van der Waals surface area contributed by atoms with Crippen molar-refractivity contribution >= 4 is 17.8 Å². The number of hydrogen-bond acceptors (Lipinski definition) is 3. The van der Waals surface area contributed by atoms with E-state index < -0.39 is 0 Å². The van der Waals surface area contributed by atoms with Crippen molar-refractivity contribution < 1.29 is 9.53 Å². The summed E-state index contributed by atoms with van der Waals surface area (Å²) in [6, 6.07) is 1.89. The Morgan fingerprint density at radius 1 is 1.29 bits per heavy atom. The Morgan fingerprint density at radius 2 is 2.04 bits per heavy atom. The van der Waals surface area contributed by atoms with Crippen LogP contribution < -0.4 is 10.1 Å². The van der Waals surface area contributed by atoms with Crippen molar-refractivity contribution in [2.45, 2.75) is 50.9 Å². The van der Waals surface area contributed by atoms with Gasteiger partial charge >= 0.3 is 0 Å². The molecule has 2 aliphatic carbocycles. The first-order valence-electron chi connectivity index (χ1n) is 8.91. The van der Waals surface area contributed by atoms with Crippen LogP contribution >= 0.6 is 0 Å². The Kier molecular flexibility index (Phi) is 5.34. The van der Waals surface area contributed by atoms with E-state index in [-0.39, 0.29) is 5.91 Å². The number of allylic oxidation sites excluding steroid dienone is 1. The molecular weight excluding hydrogens is 300 g/mol. The number of hydrogen-bond donors (Lipinski definition) is 1. The third-order valence-corrected chi connectivity index (χ3v) is 4.83. The molecule has 0 saturated heterocycles. The smallest absolute Gasteiger partial charge is 0.248 e. The van der Waals surface area contributed by atoms with Gasteiger partial charge in [0.25, 0.3) is 0 Å². The zero-order valence-electron chi connectivity index (χ0n) is 14.4. The summed E-state index contributed by atoms with van der Waals surface area (Å²) in [5.41, 5.74) is 1.96. The van der Waals surface area contributed by atoms with Crippen LogP contribution in [-0.2, 0) is 4.79 Å². The lowest BCUT2D eigenvalue weighted by Crippen LogP contribution is -2.11. The summed E-state index contributed by atoms with van der Waals surface area (Å²) in [5.74, 6) is 2.28. The second kappa shape index (κ2) is 7.65. The number of carbonyl (C=O) groups is 1. The number of aromatic nitrogens is 1. The van der Waals surface area contributed by atoms with Crippen molar-refractivity contribution in [1.29, 1.82) is 0 Å². The molecule has 2 fully saturated rings. The van der Waals surface area contributed by atoms with Gasteiger partial charge in [0.1, 0.15) is 11.6 Å². The Bertz CT molecular complexity index is 641. The minimum atomic E-state index is -0.239. The normalized spacial score (nSPS) is 18.5. The minimum Gasteiger partial charge on any atom is -0.494 e. The molecule has 0 aliphatic heterocycles. The predicted octanol–water partition coefficient (Wildman–Crippen LogP) is 4.69. The monoisotopic (exact) mass is 326 g/mol. The van der Waals surface area contributed by atoms with E-state index in [1.807, 2.05) is 6.07 Å². The third-order valence-electron chi connectivity index (χ3n) is 4.83. The highest BCUT2D eigenvalue weighted by molar-refractivity contribution is 5.98. The molecule has 1 heterocycles. The average Bonchev–Trinajstić information content (AvgIpc) is 3.45. The summed E-state index contributed by atoms with van der Waals surface area (Å²) in [4.78, 5) is 16.2. The van der Waals surface area contributed by atoms with E-state index in [0.29, 0.717) is 17.7 Å². The molecule has 0 radical (unpaired) electrons. The summed E-state index contributed by atoms with van der Waals surface area (Å²) in [6.07, 6.45) is 14.5. The molecule has 1 N–H and O–H groups in total. The summed E-state index contributed by atoms with van der Waals surface area (Å²) < 4.78 is 5.66.